The Morgan fingerprint density at radius 2 is 1.51 bits per heavy atom. The first-order valence-electron chi connectivity index (χ1n) is 21.4. The van der Waals surface area contributed by atoms with E-state index in [4.69, 9.17) is 29.8 Å². The lowest BCUT2D eigenvalue weighted by Gasteiger charge is -2.27. The molecule has 14 nitrogen and oxygen atoms in total. The summed E-state index contributed by atoms with van der Waals surface area (Å²) in [5, 5.41) is 16.8. The van der Waals surface area contributed by atoms with Gasteiger partial charge in [-0.25, -0.2) is 4.79 Å². The molecular weight excluding hydrogens is 753 g/mol. The van der Waals surface area contributed by atoms with E-state index in [9.17, 15) is 14.4 Å². The Balaban J connectivity index is -0.000000152. The van der Waals surface area contributed by atoms with E-state index < -0.39 is 11.8 Å². The summed E-state index contributed by atoms with van der Waals surface area (Å²) in [6.45, 7) is 43.9. The molecule has 2 saturated heterocycles. The summed E-state index contributed by atoms with van der Waals surface area (Å²) in [6, 6.07) is 0. The Kier molecular flexibility index (Phi) is 50.9. The molecule has 2 aliphatic heterocycles. The molecule has 3 unspecified atom stereocenters. The molecule has 59 heavy (non-hydrogen) atoms. The fourth-order valence-corrected chi connectivity index (χ4v) is 5.88. The van der Waals surface area contributed by atoms with E-state index in [1.165, 1.54) is 37.3 Å². The van der Waals surface area contributed by atoms with Gasteiger partial charge in [0.15, 0.2) is 0 Å². The van der Waals surface area contributed by atoms with Crippen molar-refractivity contribution in [3.05, 3.63) is 37.8 Å². The van der Waals surface area contributed by atoms with Gasteiger partial charge in [0.1, 0.15) is 18.4 Å². The number of nitrogens with one attached hydrogen (secondary N) is 3. The molecule has 0 bridgehead atoms. The molecule has 2 fully saturated rings. The standard InChI is InChI=1S/C14H28O2.C11H22N2O3.C7H14N2O2.C4H8.C3H7NO.C2H5N.2C2H6/c1-6-8-13(3)11-14(4,5)12-16-10-9-15-7-2;1-9(4-5-12-8-14)6-11(2,3)7-13-10(15)16;1-10-6-4-11-5-2-3-9-7(5,6)8;1-4(2)3;1-2-3(4)5;1-2-3;2*1-2/h7,13H,2,6,8-12H2,1,3-5H3;8-9,13H,4-7H2,1-3H3,(H,12,14)(H,15,16);5-6,9H,2-4,8H2,1H3;1H2,2-3H3;2H2,1H3,(H2,4,5);2H,1,3H2;2*1-2H3/t;;5-,6?,7+;;;;;/m..1...../s1. The van der Waals surface area contributed by atoms with Crippen LogP contribution in [0.2, 0.25) is 0 Å². The molecule has 0 spiro atoms. The van der Waals surface area contributed by atoms with Crippen molar-refractivity contribution in [1.29, 1.82) is 0 Å². The average molecular weight is 849 g/mol. The number of rotatable bonds is 20. The molecule has 3 amide bonds. The zero-order valence-electron chi connectivity index (χ0n) is 40.6. The molecule has 354 valence electrons. The molecule has 5 atom stereocenters. The summed E-state index contributed by atoms with van der Waals surface area (Å²) in [6.07, 6.45) is 9.66. The van der Waals surface area contributed by atoms with Gasteiger partial charge < -0.3 is 51.9 Å². The van der Waals surface area contributed by atoms with Crippen LogP contribution in [0.1, 0.15) is 142 Å². The minimum atomic E-state index is -0.983. The SMILES string of the molecule is C=C(C)C.C=CN.C=COCCOCC(C)(C)CC(C)CCC.CC.CC.CC(CCNC=O)CC(C)(C)CNC(=O)O.CCC(N)=O.COC1CO[C@@H]2CCN[C@]12N. The van der Waals surface area contributed by atoms with Crippen LogP contribution in [0.25, 0.3) is 0 Å². The monoisotopic (exact) mass is 849 g/mol. The quantitative estimate of drug-likeness (QED) is 0.0268. The summed E-state index contributed by atoms with van der Waals surface area (Å²) < 4.78 is 21.3. The van der Waals surface area contributed by atoms with Crippen LogP contribution in [0.3, 0.4) is 0 Å². The number of carbonyl (C=O) groups is 3. The second kappa shape index (κ2) is 44.4. The number of carbonyl (C=O) groups excluding carboxylic acids is 2. The molecule has 0 aromatic rings. The number of carboxylic acid groups (broad SMARTS) is 1. The lowest BCUT2D eigenvalue weighted by molar-refractivity contribution is -0.117. The van der Waals surface area contributed by atoms with Crippen molar-refractivity contribution in [2.45, 2.75) is 160 Å². The van der Waals surface area contributed by atoms with Gasteiger partial charge in [0.2, 0.25) is 12.3 Å². The predicted octanol–water partition coefficient (Wildman–Crippen LogP) is 8.11. The van der Waals surface area contributed by atoms with Gasteiger partial charge in [0.05, 0.1) is 32.2 Å². The molecule has 2 aliphatic rings. The lowest BCUT2D eigenvalue weighted by Crippen LogP contribution is -2.61. The zero-order valence-corrected chi connectivity index (χ0v) is 40.6. The maximum atomic E-state index is 10.4. The van der Waals surface area contributed by atoms with Crippen LogP contribution < -0.4 is 33.2 Å². The van der Waals surface area contributed by atoms with Gasteiger partial charge in [-0.1, -0.05) is 115 Å². The normalized spacial score (nSPS) is 17.9. The first kappa shape index (κ1) is 67.6. The van der Waals surface area contributed by atoms with E-state index in [-0.39, 0.29) is 28.9 Å². The van der Waals surface area contributed by atoms with Crippen molar-refractivity contribution in [3.8, 4) is 0 Å². The number of ether oxygens (including phenoxy) is 4. The largest absolute Gasteiger partial charge is 0.499 e. The van der Waals surface area contributed by atoms with Crippen molar-refractivity contribution in [1.82, 2.24) is 16.0 Å². The Bertz CT molecular complexity index is 1010. The highest BCUT2D eigenvalue weighted by atomic mass is 16.6. The lowest BCUT2D eigenvalue weighted by atomic mass is 9.82. The van der Waals surface area contributed by atoms with Gasteiger partial charge in [0.25, 0.3) is 0 Å². The third kappa shape index (κ3) is 47.4. The van der Waals surface area contributed by atoms with E-state index in [2.05, 4.69) is 81.8 Å². The number of hydrogen-bond acceptors (Lipinski definition) is 10. The average Bonchev–Trinajstić information content (AvgIpc) is 3.68. The van der Waals surface area contributed by atoms with Crippen molar-refractivity contribution >= 4 is 18.4 Å². The van der Waals surface area contributed by atoms with Crippen molar-refractivity contribution in [2.75, 3.05) is 53.2 Å². The second-order valence-electron chi connectivity index (χ2n) is 15.8. The minimum Gasteiger partial charge on any atom is -0.499 e. The number of methoxy groups -OCH3 is 1. The second-order valence-corrected chi connectivity index (χ2v) is 15.8. The van der Waals surface area contributed by atoms with E-state index in [0.717, 1.165) is 38.3 Å². The number of fused-ring (bicyclic) bond motifs is 1. The third-order valence-electron chi connectivity index (χ3n) is 8.11. The molecule has 2 rings (SSSR count). The summed E-state index contributed by atoms with van der Waals surface area (Å²) in [5.74, 6) is 0.996. The Labute approximate surface area is 362 Å². The third-order valence-corrected chi connectivity index (χ3v) is 8.11. The fraction of sp³-hybridized carbons (Fsp3) is 0.800. The summed E-state index contributed by atoms with van der Waals surface area (Å²) in [7, 11) is 1.67. The smallest absolute Gasteiger partial charge is 0.404 e. The van der Waals surface area contributed by atoms with Crippen LogP contribution in [-0.4, -0.2) is 94.6 Å². The first-order valence-corrected chi connectivity index (χ1v) is 21.4. The number of nitrogens with two attached hydrogens (primary N) is 3. The van der Waals surface area contributed by atoms with Crippen LogP contribution in [0.4, 0.5) is 4.79 Å². The Morgan fingerprint density at radius 1 is 1.02 bits per heavy atom. The number of allylic oxidation sites excluding steroid dienone is 1. The van der Waals surface area contributed by atoms with E-state index in [1.54, 1.807) is 14.0 Å². The maximum Gasteiger partial charge on any atom is 0.404 e. The zero-order chi connectivity index (χ0) is 47.5. The molecule has 14 heteroatoms. The number of amides is 3. The van der Waals surface area contributed by atoms with Crippen LogP contribution in [0.15, 0.2) is 37.8 Å². The molecule has 2 heterocycles. The van der Waals surface area contributed by atoms with E-state index in [0.29, 0.717) is 51.7 Å². The van der Waals surface area contributed by atoms with Gasteiger partial charge in [0, 0.05) is 26.6 Å². The minimum absolute atomic E-state index is 0.00926. The predicted molar refractivity (Wildman–Crippen MR) is 249 cm³/mol. The molecule has 10 N–H and O–H groups in total. The van der Waals surface area contributed by atoms with E-state index in [1.807, 2.05) is 55.4 Å². The van der Waals surface area contributed by atoms with Gasteiger partial charge in [-0.3, -0.25) is 14.9 Å². The number of primary amides is 1. The van der Waals surface area contributed by atoms with Gasteiger partial charge >= 0.3 is 6.09 Å². The fourth-order valence-electron chi connectivity index (χ4n) is 5.88. The van der Waals surface area contributed by atoms with Crippen molar-refractivity contribution in [2.24, 2.45) is 39.9 Å². The highest BCUT2D eigenvalue weighted by Crippen LogP contribution is 2.30. The number of hydrogen-bond donors (Lipinski definition) is 7. The van der Waals surface area contributed by atoms with Crippen LogP contribution in [-0.2, 0) is 28.5 Å². The van der Waals surface area contributed by atoms with Crippen molar-refractivity contribution in [3.63, 3.8) is 0 Å². The van der Waals surface area contributed by atoms with E-state index >= 15 is 0 Å². The molecule has 0 radical (unpaired) electrons. The summed E-state index contributed by atoms with van der Waals surface area (Å²) >= 11 is 0. The molecule has 0 aliphatic carbocycles. The molecular formula is C45H96N6O8. The topological polar surface area (TPSA) is 223 Å². The summed E-state index contributed by atoms with van der Waals surface area (Å²) in [5.41, 5.74) is 16.3. The first-order chi connectivity index (χ1) is 27.6. The van der Waals surface area contributed by atoms with Crippen molar-refractivity contribution < 1.29 is 38.4 Å². The highest BCUT2D eigenvalue weighted by Gasteiger charge is 2.52. The Morgan fingerprint density at radius 3 is 1.93 bits per heavy atom. The Hall–Kier alpha value is -3.17. The molecule has 0 aromatic carbocycles. The molecule has 0 saturated carbocycles. The molecule has 0 aromatic heterocycles. The van der Waals surface area contributed by atoms with Gasteiger partial charge in [-0.2, -0.15) is 0 Å². The van der Waals surface area contributed by atoms with Crippen LogP contribution >= 0.6 is 0 Å². The van der Waals surface area contributed by atoms with Gasteiger partial charge in [-0.15, -0.1) is 6.58 Å². The maximum absolute atomic E-state index is 10.4. The van der Waals surface area contributed by atoms with Crippen LogP contribution in [0, 0.1) is 22.7 Å². The summed E-state index contributed by atoms with van der Waals surface area (Å²) in [4.78, 5) is 30.0. The van der Waals surface area contributed by atoms with Gasteiger partial charge in [-0.05, 0) is 74.9 Å². The highest BCUT2D eigenvalue weighted by molar-refractivity contribution is 5.73. The van der Waals surface area contributed by atoms with Crippen LogP contribution in [0.5, 0.6) is 0 Å².